The molecule has 0 saturated carbocycles. The average molecular weight is 255 g/mol. The Morgan fingerprint density at radius 3 is 2.78 bits per heavy atom. The molecule has 0 bridgehead atoms. The van der Waals surface area contributed by atoms with E-state index < -0.39 is 0 Å². The summed E-state index contributed by atoms with van der Waals surface area (Å²) in [6.07, 6.45) is 4.09. The molecule has 0 aromatic heterocycles. The fraction of sp³-hybridized carbons (Fsp3) is 1.00. The van der Waals surface area contributed by atoms with Crippen molar-refractivity contribution in [2.75, 3.05) is 60.0 Å². The van der Waals surface area contributed by atoms with Crippen LogP contribution in [0.15, 0.2) is 0 Å². The monoisotopic (exact) mass is 255 g/mol. The van der Waals surface area contributed by atoms with Crippen LogP contribution in [0.1, 0.15) is 19.3 Å². The van der Waals surface area contributed by atoms with Crippen LogP contribution in [0.4, 0.5) is 0 Å². The highest BCUT2D eigenvalue weighted by atomic mass is 16.5. The van der Waals surface area contributed by atoms with Crippen LogP contribution < -0.4 is 5.73 Å². The molecule has 2 N–H and O–H groups in total. The molecule has 0 aliphatic carbocycles. The molecular formula is C14H29N3O. The smallest absolute Gasteiger partial charge is 0.0569 e. The van der Waals surface area contributed by atoms with Gasteiger partial charge in [-0.2, -0.15) is 0 Å². The standard InChI is InChI=1S/C14H29N3O/c1-16-6-3-4-13(8-16)5-7-17(2)10-14(9-15)11-18-12-14/h13H,3-12,15H2,1-2H3. The first kappa shape index (κ1) is 14.3. The zero-order chi connectivity index (χ0) is 13.0. The number of nitrogens with two attached hydrogens (primary N) is 1. The third kappa shape index (κ3) is 3.67. The Labute approximate surface area is 111 Å². The van der Waals surface area contributed by atoms with Gasteiger partial charge in [0.1, 0.15) is 0 Å². The summed E-state index contributed by atoms with van der Waals surface area (Å²) in [5.74, 6) is 0.887. The van der Waals surface area contributed by atoms with E-state index in [1.807, 2.05) is 0 Å². The number of hydrogen-bond donors (Lipinski definition) is 1. The van der Waals surface area contributed by atoms with Gasteiger partial charge in [0.15, 0.2) is 0 Å². The largest absolute Gasteiger partial charge is 0.380 e. The van der Waals surface area contributed by atoms with Gasteiger partial charge in [-0.3, -0.25) is 0 Å². The van der Waals surface area contributed by atoms with E-state index in [1.165, 1.54) is 38.9 Å². The predicted octanol–water partition coefficient (Wildman–Crippen LogP) is 0.625. The molecule has 0 radical (unpaired) electrons. The first-order chi connectivity index (χ1) is 8.63. The molecule has 18 heavy (non-hydrogen) atoms. The molecule has 0 aromatic carbocycles. The fourth-order valence-electron chi connectivity index (χ4n) is 3.23. The Hall–Kier alpha value is -0.160. The highest BCUT2D eigenvalue weighted by Crippen LogP contribution is 2.27. The molecular weight excluding hydrogens is 226 g/mol. The van der Waals surface area contributed by atoms with Crippen molar-refractivity contribution in [2.24, 2.45) is 17.1 Å². The summed E-state index contributed by atoms with van der Waals surface area (Å²) in [4.78, 5) is 4.92. The second kappa shape index (κ2) is 6.33. The Balaban J connectivity index is 1.66. The first-order valence-corrected chi connectivity index (χ1v) is 7.28. The molecule has 4 heteroatoms. The topological polar surface area (TPSA) is 41.7 Å². The van der Waals surface area contributed by atoms with Crippen LogP contribution in [-0.2, 0) is 4.74 Å². The maximum atomic E-state index is 5.86. The Kier molecular flexibility index (Phi) is 5.01. The molecule has 2 aliphatic heterocycles. The highest BCUT2D eigenvalue weighted by molar-refractivity contribution is 4.89. The van der Waals surface area contributed by atoms with E-state index in [-0.39, 0.29) is 5.41 Å². The molecule has 0 amide bonds. The lowest BCUT2D eigenvalue weighted by molar-refractivity contribution is -0.118. The minimum Gasteiger partial charge on any atom is -0.380 e. The van der Waals surface area contributed by atoms with Crippen molar-refractivity contribution in [3.63, 3.8) is 0 Å². The van der Waals surface area contributed by atoms with Gasteiger partial charge < -0.3 is 20.3 Å². The molecule has 0 aromatic rings. The quantitative estimate of drug-likeness (QED) is 0.756. The summed E-state index contributed by atoms with van der Waals surface area (Å²) in [6, 6.07) is 0. The molecule has 1 atom stereocenters. The lowest BCUT2D eigenvalue weighted by atomic mass is 9.85. The van der Waals surface area contributed by atoms with E-state index in [2.05, 4.69) is 23.9 Å². The van der Waals surface area contributed by atoms with Crippen molar-refractivity contribution >= 4 is 0 Å². The zero-order valence-corrected chi connectivity index (χ0v) is 12.0. The van der Waals surface area contributed by atoms with Gasteiger partial charge >= 0.3 is 0 Å². The number of hydrogen-bond acceptors (Lipinski definition) is 4. The maximum absolute atomic E-state index is 5.86. The molecule has 2 saturated heterocycles. The van der Waals surface area contributed by atoms with Crippen LogP contribution in [0, 0.1) is 11.3 Å². The number of ether oxygens (including phenoxy) is 1. The van der Waals surface area contributed by atoms with Crippen LogP contribution in [-0.4, -0.2) is 69.8 Å². The van der Waals surface area contributed by atoms with Crippen LogP contribution in [0.5, 0.6) is 0 Å². The fourth-order valence-corrected chi connectivity index (χ4v) is 3.23. The van der Waals surface area contributed by atoms with Gasteiger partial charge in [-0.15, -0.1) is 0 Å². The predicted molar refractivity (Wildman–Crippen MR) is 74.6 cm³/mol. The molecule has 2 heterocycles. The van der Waals surface area contributed by atoms with Gasteiger partial charge in [-0.05, 0) is 52.4 Å². The van der Waals surface area contributed by atoms with Crippen LogP contribution in [0.25, 0.3) is 0 Å². The third-order valence-electron chi connectivity index (χ3n) is 4.50. The van der Waals surface area contributed by atoms with Gasteiger partial charge in [-0.25, -0.2) is 0 Å². The lowest BCUT2D eigenvalue weighted by Crippen LogP contribution is -2.54. The number of piperidine rings is 1. The minimum atomic E-state index is 0.248. The van der Waals surface area contributed by atoms with Gasteiger partial charge in [-0.1, -0.05) is 0 Å². The SMILES string of the molecule is CN1CCCC(CCN(C)CC2(CN)COC2)C1. The molecule has 2 fully saturated rings. The van der Waals surface area contributed by atoms with Crippen LogP contribution >= 0.6 is 0 Å². The summed E-state index contributed by atoms with van der Waals surface area (Å²) in [5, 5.41) is 0. The number of nitrogens with zero attached hydrogens (tertiary/aromatic N) is 2. The molecule has 2 rings (SSSR count). The van der Waals surface area contributed by atoms with Gasteiger partial charge in [0, 0.05) is 25.0 Å². The molecule has 1 unspecified atom stereocenters. The second-order valence-corrected chi connectivity index (χ2v) is 6.49. The van der Waals surface area contributed by atoms with Gasteiger partial charge in [0.2, 0.25) is 0 Å². The zero-order valence-electron chi connectivity index (χ0n) is 12.0. The second-order valence-electron chi connectivity index (χ2n) is 6.49. The van der Waals surface area contributed by atoms with Gasteiger partial charge in [0.05, 0.1) is 13.2 Å². The normalized spacial score (nSPS) is 28.3. The van der Waals surface area contributed by atoms with Crippen LogP contribution in [0.2, 0.25) is 0 Å². The summed E-state index contributed by atoms with van der Waals surface area (Å²) in [7, 11) is 4.47. The van der Waals surface area contributed by atoms with E-state index in [4.69, 9.17) is 10.5 Å². The summed E-state index contributed by atoms with van der Waals surface area (Å²) in [6.45, 7) is 7.29. The van der Waals surface area contributed by atoms with E-state index in [1.54, 1.807) is 0 Å². The van der Waals surface area contributed by atoms with Crippen molar-refractivity contribution in [1.29, 1.82) is 0 Å². The number of rotatable bonds is 6. The molecule has 2 aliphatic rings. The first-order valence-electron chi connectivity index (χ1n) is 7.28. The van der Waals surface area contributed by atoms with Crippen molar-refractivity contribution in [1.82, 2.24) is 9.80 Å². The van der Waals surface area contributed by atoms with Crippen LogP contribution in [0.3, 0.4) is 0 Å². The van der Waals surface area contributed by atoms with Gasteiger partial charge in [0.25, 0.3) is 0 Å². The van der Waals surface area contributed by atoms with E-state index in [0.29, 0.717) is 0 Å². The Bertz CT molecular complexity index is 250. The lowest BCUT2D eigenvalue weighted by Gasteiger charge is -2.43. The van der Waals surface area contributed by atoms with Crippen molar-refractivity contribution in [3.05, 3.63) is 0 Å². The van der Waals surface area contributed by atoms with E-state index in [0.717, 1.165) is 32.2 Å². The maximum Gasteiger partial charge on any atom is 0.0569 e. The molecule has 4 nitrogen and oxygen atoms in total. The third-order valence-corrected chi connectivity index (χ3v) is 4.50. The molecule has 106 valence electrons. The summed E-state index contributed by atoms with van der Waals surface area (Å²) in [5.41, 5.74) is 6.11. The average Bonchev–Trinajstić information content (AvgIpc) is 2.31. The van der Waals surface area contributed by atoms with Crippen molar-refractivity contribution in [3.8, 4) is 0 Å². The molecule has 0 spiro atoms. The minimum absolute atomic E-state index is 0.248. The van der Waals surface area contributed by atoms with E-state index >= 15 is 0 Å². The Morgan fingerprint density at radius 1 is 1.44 bits per heavy atom. The summed E-state index contributed by atoms with van der Waals surface area (Å²) < 4.78 is 5.33. The van der Waals surface area contributed by atoms with Crippen molar-refractivity contribution < 1.29 is 4.74 Å². The van der Waals surface area contributed by atoms with E-state index in [9.17, 15) is 0 Å². The summed E-state index contributed by atoms with van der Waals surface area (Å²) >= 11 is 0. The van der Waals surface area contributed by atoms with Crippen molar-refractivity contribution in [2.45, 2.75) is 19.3 Å². The number of likely N-dealkylation sites (tertiary alicyclic amines) is 1. The Morgan fingerprint density at radius 2 is 2.22 bits per heavy atom. The highest BCUT2D eigenvalue weighted by Gasteiger charge is 2.38.